The quantitative estimate of drug-likeness (QED) is 0.686. The Morgan fingerprint density at radius 3 is 2.48 bits per heavy atom. The zero-order valence-corrected chi connectivity index (χ0v) is 14.6. The highest BCUT2D eigenvalue weighted by atomic mass is 16.5. The largest absolute Gasteiger partial charge is 0.381 e. The first kappa shape index (κ1) is 17.8. The van der Waals surface area contributed by atoms with Crippen molar-refractivity contribution in [2.75, 3.05) is 20.7 Å². The lowest BCUT2D eigenvalue weighted by Crippen LogP contribution is -2.23. The molecule has 1 aromatic rings. The molecule has 0 fully saturated rings. The van der Waals surface area contributed by atoms with Gasteiger partial charge in [0.2, 0.25) is 0 Å². The van der Waals surface area contributed by atoms with Crippen LogP contribution in [0.1, 0.15) is 48.4 Å². The van der Waals surface area contributed by atoms with Crippen LogP contribution in [0.5, 0.6) is 0 Å². The van der Waals surface area contributed by atoms with E-state index in [0.717, 1.165) is 25.1 Å². The van der Waals surface area contributed by atoms with E-state index in [2.05, 4.69) is 58.4 Å². The van der Waals surface area contributed by atoms with E-state index in [1.54, 1.807) is 0 Å². The Balaban J connectivity index is 2.75. The maximum atomic E-state index is 5.53. The topological polar surface area (TPSA) is 12.5 Å². The van der Waals surface area contributed by atoms with E-state index in [1.165, 1.54) is 28.7 Å². The van der Waals surface area contributed by atoms with Gasteiger partial charge in [-0.25, -0.2) is 0 Å². The molecule has 1 atom stereocenters. The third kappa shape index (κ3) is 4.89. The molecule has 1 aromatic carbocycles. The number of ether oxygens (including phenoxy) is 1. The summed E-state index contributed by atoms with van der Waals surface area (Å²) in [6.45, 7) is 14.0. The summed E-state index contributed by atoms with van der Waals surface area (Å²) >= 11 is 0. The molecule has 0 radical (unpaired) electrons. The van der Waals surface area contributed by atoms with E-state index in [4.69, 9.17) is 4.74 Å². The monoisotopic (exact) mass is 289 g/mol. The maximum Gasteiger partial charge on any atom is 0.0588 e. The second-order valence-electron chi connectivity index (χ2n) is 6.06. The number of methoxy groups -OCH3 is 1. The molecule has 0 bridgehead atoms. The minimum absolute atomic E-state index is 0.352. The molecule has 118 valence electrons. The third-order valence-electron chi connectivity index (χ3n) is 4.31. The fourth-order valence-corrected chi connectivity index (χ4v) is 2.72. The SMILES string of the molecule is C=C(c1cc(C)cc(C)c1C)N(C)CCC(CCC)OC. The van der Waals surface area contributed by atoms with E-state index < -0.39 is 0 Å². The summed E-state index contributed by atoms with van der Waals surface area (Å²) in [5.74, 6) is 0. The molecule has 0 aliphatic carbocycles. The standard InChI is InChI=1S/C19H31NO/c1-8-9-18(21-7)10-11-20(6)17(5)19-13-14(2)12-15(3)16(19)4/h12-13,18H,5,8-11H2,1-4,6-7H3. The van der Waals surface area contributed by atoms with Crippen LogP contribution >= 0.6 is 0 Å². The second kappa shape index (κ2) is 8.23. The molecule has 0 aliphatic rings. The van der Waals surface area contributed by atoms with Crippen molar-refractivity contribution in [1.82, 2.24) is 4.90 Å². The summed E-state index contributed by atoms with van der Waals surface area (Å²) in [7, 11) is 3.93. The predicted octanol–water partition coefficient (Wildman–Crippen LogP) is 4.72. The molecule has 1 unspecified atom stereocenters. The molecule has 1 rings (SSSR count). The Morgan fingerprint density at radius 2 is 1.90 bits per heavy atom. The van der Waals surface area contributed by atoms with Crippen LogP contribution in [0.25, 0.3) is 5.70 Å². The Morgan fingerprint density at radius 1 is 1.24 bits per heavy atom. The number of aryl methyl sites for hydroxylation is 2. The van der Waals surface area contributed by atoms with Gasteiger partial charge in [-0.15, -0.1) is 0 Å². The summed E-state index contributed by atoms with van der Waals surface area (Å²) < 4.78 is 5.53. The Kier molecular flexibility index (Phi) is 6.97. The molecule has 0 aliphatic heterocycles. The predicted molar refractivity (Wildman–Crippen MR) is 92.6 cm³/mol. The zero-order valence-electron chi connectivity index (χ0n) is 14.6. The Hall–Kier alpha value is -1.28. The Bertz CT molecular complexity index is 479. The number of hydrogen-bond acceptors (Lipinski definition) is 2. The van der Waals surface area contributed by atoms with Crippen LogP contribution in [0.15, 0.2) is 18.7 Å². The number of benzene rings is 1. The van der Waals surface area contributed by atoms with Gasteiger partial charge in [0.25, 0.3) is 0 Å². The Labute approximate surface area is 130 Å². The van der Waals surface area contributed by atoms with Gasteiger partial charge in [0.1, 0.15) is 0 Å². The van der Waals surface area contributed by atoms with Crippen molar-refractivity contribution in [2.45, 2.75) is 53.1 Å². The molecular formula is C19H31NO. The van der Waals surface area contributed by atoms with Crippen molar-refractivity contribution < 1.29 is 4.74 Å². The number of rotatable bonds is 8. The summed E-state index contributed by atoms with van der Waals surface area (Å²) in [6.07, 6.45) is 3.69. The minimum Gasteiger partial charge on any atom is -0.381 e. The highest BCUT2D eigenvalue weighted by Gasteiger charge is 2.12. The lowest BCUT2D eigenvalue weighted by Gasteiger charge is -2.26. The first-order valence-corrected chi connectivity index (χ1v) is 7.91. The number of nitrogens with zero attached hydrogens (tertiary/aromatic N) is 1. The van der Waals surface area contributed by atoms with Gasteiger partial charge in [-0.1, -0.05) is 31.6 Å². The minimum atomic E-state index is 0.352. The highest BCUT2D eigenvalue weighted by Crippen LogP contribution is 2.24. The van der Waals surface area contributed by atoms with Crippen molar-refractivity contribution in [3.8, 4) is 0 Å². The van der Waals surface area contributed by atoms with E-state index in [0.29, 0.717) is 6.10 Å². The molecule has 0 spiro atoms. The smallest absolute Gasteiger partial charge is 0.0588 e. The van der Waals surface area contributed by atoms with Crippen molar-refractivity contribution in [3.05, 3.63) is 41.0 Å². The van der Waals surface area contributed by atoms with Crippen LogP contribution in [-0.4, -0.2) is 31.7 Å². The van der Waals surface area contributed by atoms with E-state index >= 15 is 0 Å². The summed E-state index contributed by atoms with van der Waals surface area (Å²) in [6, 6.07) is 4.47. The van der Waals surface area contributed by atoms with Gasteiger partial charge >= 0.3 is 0 Å². The van der Waals surface area contributed by atoms with Gasteiger partial charge in [-0.3, -0.25) is 0 Å². The summed E-state index contributed by atoms with van der Waals surface area (Å²) in [5, 5.41) is 0. The molecule has 0 saturated heterocycles. The van der Waals surface area contributed by atoms with Crippen LogP contribution in [0.2, 0.25) is 0 Å². The van der Waals surface area contributed by atoms with E-state index in [1.807, 2.05) is 7.11 Å². The summed E-state index contributed by atoms with van der Waals surface area (Å²) in [4.78, 5) is 2.25. The van der Waals surface area contributed by atoms with Gasteiger partial charge in [0.05, 0.1) is 6.10 Å². The molecule has 2 heteroatoms. The third-order valence-corrected chi connectivity index (χ3v) is 4.31. The van der Waals surface area contributed by atoms with Gasteiger partial charge in [0.15, 0.2) is 0 Å². The molecule has 2 nitrogen and oxygen atoms in total. The van der Waals surface area contributed by atoms with Crippen molar-refractivity contribution in [3.63, 3.8) is 0 Å². The average molecular weight is 289 g/mol. The van der Waals surface area contributed by atoms with Gasteiger partial charge in [-0.05, 0) is 50.8 Å². The van der Waals surface area contributed by atoms with Crippen molar-refractivity contribution in [2.24, 2.45) is 0 Å². The lowest BCUT2D eigenvalue weighted by atomic mass is 9.98. The zero-order chi connectivity index (χ0) is 16.0. The van der Waals surface area contributed by atoms with E-state index in [-0.39, 0.29) is 0 Å². The fourth-order valence-electron chi connectivity index (χ4n) is 2.72. The second-order valence-corrected chi connectivity index (χ2v) is 6.06. The molecule has 0 saturated carbocycles. The average Bonchev–Trinajstić information content (AvgIpc) is 2.46. The van der Waals surface area contributed by atoms with E-state index in [9.17, 15) is 0 Å². The van der Waals surface area contributed by atoms with Gasteiger partial charge < -0.3 is 9.64 Å². The van der Waals surface area contributed by atoms with Crippen molar-refractivity contribution in [1.29, 1.82) is 0 Å². The first-order chi connectivity index (χ1) is 9.90. The first-order valence-electron chi connectivity index (χ1n) is 7.91. The highest BCUT2D eigenvalue weighted by molar-refractivity contribution is 5.66. The fraction of sp³-hybridized carbons (Fsp3) is 0.579. The van der Waals surface area contributed by atoms with Crippen LogP contribution in [0, 0.1) is 20.8 Å². The van der Waals surface area contributed by atoms with Gasteiger partial charge in [-0.2, -0.15) is 0 Å². The van der Waals surface area contributed by atoms with Crippen LogP contribution in [0.4, 0.5) is 0 Å². The maximum absolute atomic E-state index is 5.53. The molecular weight excluding hydrogens is 258 g/mol. The molecule has 0 aromatic heterocycles. The summed E-state index contributed by atoms with van der Waals surface area (Å²) in [5.41, 5.74) is 6.32. The normalized spacial score (nSPS) is 12.3. The molecule has 21 heavy (non-hydrogen) atoms. The van der Waals surface area contributed by atoms with Crippen LogP contribution < -0.4 is 0 Å². The van der Waals surface area contributed by atoms with Gasteiger partial charge in [0, 0.05) is 32.0 Å². The van der Waals surface area contributed by atoms with Crippen LogP contribution in [-0.2, 0) is 4.74 Å². The molecule has 0 N–H and O–H groups in total. The lowest BCUT2D eigenvalue weighted by molar-refractivity contribution is 0.0828. The molecule has 0 heterocycles. The van der Waals surface area contributed by atoms with Crippen LogP contribution in [0.3, 0.4) is 0 Å². The number of hydrogen-bond donors (Lipinski definition) is 0. The van der Waals surface area contributed by atoms with Crippen molar-refractivity contribution >= 4 is 5.70 Å². The molecule has 0 amide bonds.